The van der Waals surface area contributed by atoms with Crippen molar-refractivity contribution >= 4 is 41.0 Å². The number of benzene rings is 2. The molecule has 0 saturated heterocycles. The molecule has 4 aromatic rings. The number of carboxylic acid groups (broad SMARTS) is 1. The van der Waals surface area contributed by atoms with E-state index in [0.717, 1.165) is 22.3 Å². The lowest BCUT2D eigenvalue weighted by Crippen LogP contribution is -2.18. The molecule has 34 heavy (non-hydrogen) atoms. The first-order chi connectivity index (χ1) is 15.8. The van der Waals surface area contributed by atoms with Crippen molar-refractivity contribution < 1.29 is 14.6 Å². The monoisotopic (exact) mass is 481 g/mol. The largest absolute Gasteiger partial charge is 0.496 e. The number of methoxy groups -OCH3 is 1. The topological polar surface area (TPSA) is 146 Å². The van der Waals surface area contributed by atoms with Crippen LogP contribution in [0.2, 0.25) is 0 Å². The van der Waals surface area contributed by atoms with Crippen LogP contribution in [0.5, 0.6) is 5.75 Å². The molecule has 0 fully saturated rings. The van der Waals surface area contributed by atoms with Crippen LogP contribution in [-0.2, 0) is 13.0 Å². The van der Waals surface area contributed by atoms with Gasteiger partial charge in [-0.15, -0.1) is 12.4 Å². The molecule has 2 aromatic heterocycles. The van der Waals surface area contributed by atoms with Gasteiger partial charge in [-0.3, -0.25) is 4.79 Å². The third-order valence-electron chi connectivity index (χ3n) is 5.54. The van der Waals surface area contributed by atoms with E-state index in [-0.39, 0.29) is 23.9 Å². The molecule has 0 aliphatic carbocycles. The number of nitrogens with zero attached hydrogens (tertiary/aromatic N) is 3. The molecule has 0 spiro atoms. The number of carboxylic acids is 1. The highest BCUT2D eigenvalue weighted by Gasteiger charge is 2.16. The number of aromatic carboxylic acids is 1. The molecule has 0 radical (unpaired) electrons. The Labute approximate surface area is 201 Å². The first kappa shape index (κ1) is 24.5. The molecular formula is C24H24ClN5O4. The molecule has 5 N–H and O–H groups in total. The number of fused-ring (bicyclic) bond motifs is 1. The molecule has 9 nitrogen and oxygen atoms in total. The van der Waals surface area contributed by atoms with Gasteiger partial charge in [-0.25, -0.2) is 9.78 Å². The molecule has 0 atom stereocenters. The van der Waals surface area contributed by atoms with Crippen LogP contribution >= 0.6 is 12.4 Å². The van der Waals surface area contributed by atoms with Crippen molar-refractivity contribution in [1.29, 1.82) is 0 Å². The summed E-state index contributed by atoms with van der Waals surface area (Å²) in [6.45, 7) is 2.40. The van der Waals surface area contributed by atoms with Crippen LogP contribution < -0.4 is 21.6 Å². The fourth-order valence-electron chi connectivity index (χ4n) is 3.85. The fourth-order valence-corrected chi connectivity index (χ4v) is 3.85. The average Bonchev–Trinajstić information content (AvgIpc) is 2.80. The van der Waals surface area contributed by atoms with Crippen LogP contribution in [0.3, 0.4) is 0 Å². The quantitative estimate of drug-likeness (QED) is 0.380. The van der Waals surface area contributed by atoms with Crippen LogP contribution in [0.15, 0.2) is 53.6 Å². The Hall–Kier alpha value is -4.11. The predicted octanol–water partition coefficient (Wildman–Crippen LogP) is 3.36. The van der Waals surface area contributed by atoms with Crippen LogP contribution in [0.25, 0.3) is 22.0 Å². The van der Waals surface area contributed by atoms with Gasteiger partial charge in [0.25, 0.3) is 0 Å². The SMILES string of the molecule is CCn1cc(C(=O)O)c(=O)c2ccc(-c3cc(Cc4cnc(N)nc4N)ccc3OC)cc21.Cl. The molecule has 0 amide bonds. The molecule has 10 heteroatoms. The normalized spacial score (nSPS) is 10.6. The Kier molecular flexibility index (Phi) is 7.07. The highest BCUT2D eigenvalue weighted by atomic mass is 35.5. The number of rotatable bonds is 6. The molecule has 4 rings (SSSR count). The van der Waals surface area contributed by atoms with Gasteiger partial charge in [0.05, 0.1) is 12.6 Å². The van der Waals surface area contributed by atoms with Crippen molar-refractivity contribution in [1.82, 2.24) is 14.5 Å². The van der Waals surface area contributed by atoms with Crippen molar-refractivity contribution in [2.75, 3.05) is 18.6 Å². The summed E-state index contributed by atoms with van der Waals surface area (Å²) in [5.74, 6) is -0.136. The summed E-state index contributed by atoms with van der Waals surface area (Å²) in [7, 11) is 1.59. The summed E-state index contributed by atoms with van der Waals surface area (Å²) in [5, 5.41) is 9.73. The van der Waals surface area contributed by atoms with E-state index in [1.807, 2.05) is 31.2 Å². The van der Waals surface area contributed by atoms with Crippen molar-refractivity contribution in [2.24, 2.45) is 0 Å². The maximum atomic E-state index is 12.7. The Morgan fingerprint density at radius 3 is 2.59 bits per heavy atom. The van der Waals surface area contributed by atoms with E-state index in [9.17, 15) is 14.7 Å². The van der Waals surface area contributed by atoms with Crippen molar-refractivity contribution in [3.8, 4) is 16.9 Å². The zero-order chi connectivity index (χ0) is 23.7. The number of ether oxygens (including phenoxy) is 1. The average molecular weight is 482 g/mol. The zero-order valence-electron chi connectivity index (χ0n) is 18.6. The summed E-state index contributed by atoms with van der Waals surface area (Å²) >= 11 is 0. The molecule has 2 aromatic carbocycles. The summed E-state index contributed by atoms with van der Waals surface area (Å²) in [4.78, 5) is 32.2. The second-order valence-electron chi connectivity index (χ2n) is 7.55. The zero-order valence-corrected chi connectivity index (χ0v) is 19.4. The third-order valence-corrected chi connectivity index (χ3v) is 5.54. The minimum Gasteiger partial charge on any atom is -0.496 e. The number of carbonyl (C=O) groups is 1. The van der Waals surface area contributed by atoms with E-state index in [2.05, 4.69) is 9.97 Å². The Morgan fingerprint density at radius 2 is 1.94 bits per heavy atom. The van der Waals surface area contributed by atoms with Crippen LogP contribution in [0.1, 0.15) is 28.4 Å². The highest BCUT2D eigenvalue weighted by Crippen LogP contribution is 2.33. The molecule has 0 aliphatic rings. The number of nitrogens with two attached hydrogens (primary N) is 2. The van der Waals surface area contributed by atoms with E-state index < -0.39 is 11.4 Å². The molecule has 0 saturated carbocycles. The van der Waals surface area contributed by atoms with Gasteiger partial charge in [0.2, 0.25) is 11.4 Å². The Bertz CT molecular complexity index is 1450. The van der Waals surface area contributed by atoms with Gasteiger partial charge in [-0.1, -0.05) is 12.1 Å². The lowest BCUT2D eigenvalue weighted by molar-refractivity contribution is 0.0695. The first-order valence-corrected chi connectivity index (χ1v) is 10.3. The molecule has 0 unspecified atom stereocenters. The minimum absolute atomic E-state index is 0. The predicted molar refractivity (Wildman–Crippen MR) is 134 cm³/mol. The van der Waals surface area contributed by atoms with Crippen LogP contribution in [0, 0.1) is 0 Å². The number of aromatic nitrogens is 3. The molecule has 2 heterocycles. The minimum atomic E-state index is -1.24. The Balaban J connectivity index is 0.00000324. The maximum absolute atomic E-state index is 12.7. The van der Waals surface area contributed by atoms with E-state index in [0.29, 0.717) is 35.4 Å². The van der Waals surface area contributed by atoms with E-state index >= 15 is 0 Å². The van der Waals surface area contributed by atoms with Crippen molar-refractivity contribution in [3.63, 3.8) is 0 Å². The molecule has 176 valence electrons. The van der Waals surface area contributed by atoms with Crippen LogP contribution in [0.4, 0.5) is 11.8 Å². The number of hydrogen-bond donors (Lipinski definition) is 3. The van der Waals surface area contributed by atoms with Crippen molar-refractivity contribution in [3.05, 3.63) is 75.7 Å². The molecule has 0 bridgehead atoms. The van der Waals surface area contributed by atoms with Gasteiger partial charge in [-0.2, -0.15) is 4.98 Å². The number of nitrogen functional groups attached to an aromatic ring is 2. The van der Waals surface area contributed by atoms with E-state index in [4.69, 9.17) is 16.2 Å². The Morgan fingerprint density at radius 1 is 1.18 bits per heavy atom. The van der Waals surface area contributed by atoms with Gasteiger partial charge >= 0.3 is 5.97 Å². The summed E-state index contributed by atoms with van der Waals surface area (Å²) in [6, 6.07) is 11.1. The highest BCUT2D eigenvalue weighted by molar-refractivity contribution is 5.94. The number of aryl methyl sites for hydroxylation is 1. The van der Waals surface area contributed by atoms with Gasteiger partial charge in [-0.05, 0) is 42.3 Å². The van der Waals surface area contributed by atoms with Gasteiger partial charge in [0, 0.05) is 41.9 Å². The summed E-state index contributed by atoms with van der Waals surface area (Å²) in [5.41, 5.74) is 14.8. The van der Waals surface area contributed by atoms with Crippen LogP contribution in [-0.4, -0.2) is 32.7 Å². The standard InChI is InChI=1S/C24H23N5O4.ClH/c1-3-29-12-18(23(31)32)21(30)16-6-5-14(10-19(16)29)17-9-13(4-7-20(17)33-2)8-15-11-27-24(26)28-22(15)25;/h4-7,9-12H,3,8H2,1-2H3,(H,31,32)(H4,25,26,27,28);1H. The summed E-state index contributed by atoms with van der Waals surface area (Å²) in [6.07, 6.45) is 3.49. The number of halogens is 1. The maximum Gasteiger partial charge on any atom is 0.341 e. The van der Waals surface area contributed by atoms with Gasteiger partial charge in [0.15, 0.2) is 0 Å². The fraction of sp³-hybridized carbons (Fsp3) is 0.167. The second-order valence-corrected chi connectivity index (χ2v) is 7.55. The van der Waals surface area contributed by atoms with Crippen molar-refractivity contribution in [2.45, 2.75) is 19.9 Å². The van der Waals surface area contributed by atoms with E-state index in [1.165, 1.54) is 6.20 Å². The lowest BCUT2D eigenvalue weighted by Gasteiger charge is -2.15. The van der Waals surface area contributed by atoms with Gasteiger partial charge in [0.1, 0.15) is 17.1 Å². The summed E-state index contributed by atoms with van der Waals surface area (Å²) < 4.78 is 7.33. The molecular weight excluding hydrogens is 458 g/mol. The lowest BCUT2D eigenvalue weighted by atomic mass is 9.97. The number of anilines is 2. The first-order valence-electron chi connectivity index (χ1n) is 10.3. The van der Waals surface area contributed by atoms with E-state index in [1.54, 1.807) is 30.0 Å². The third kappa shape index (κ3) is 4.51. The second kappa shape index (κ2) is 9.80. The van der Waals surface area contributed by atoms with Gasteiger partial charge < -0.3 is 25.9 Å². The number of pyridine rings is 1. The smallest absolute Gasteiger partial charge is 0.341 e. The molecule has 0 aliphatic heterocycles. The number of hydrogen-bond acceptors (Lipinski definition) is 7.